The Bertz CT molecular complexity index is 926. The molecule has 1 N–H and O–H groups in total. The SMILES string of the molecule is COc1ccc(C[C@H](CC(=O)Cc2ccc(F)cc2)c2nnc(CCO)s2)cc1. The molecular weight excluding hydrogens is 391 g/mol. The van der Waals surface area contributed by atoms with Gasteiger partial charge in [0, 0.05) is 31.8 Å². The molecule has 0 fully saturated rings. The number of hydrogen-bond donors (Lipinski definition) is 1. The van der Waals surface area contributed by atoms with Crippen molar-refractivity contribution in [2.24, 2.45) is 0 Å². The largest absolute Gasteiger partial charge is 0.497 e. The Morgan fingerprint density at radius 3 is 2.45 bits per heavy atom. The average Bonchev–Trinajstić information content (AvgIpc) is 3.19. The molecule has 1 heterocycles. The first kappa shape index (κ1) is 21.1. The molecular formula is C22H23FN2O3S. The normalized spacial score (nSPS) is 12.0. The van der Waals surface area contributed by atoms with Crippen LogP contribution in [-0.2, 0) is 24.1 Å². The number of aliphatic hydroxyl groups excluding tert-OH is 1. The second-order valence-electron chi connectivity index (χ2n) is 6.80. The van der Waals surface area contributed by atoms with Crippen molar-refractivity contribution >= 4 is 17.1 Å². The van der Waals surface area contributed by atoms with E-state index in [1.54, 1.807) is 19.2 Å². The van der Waals surface area contributed by atoms with Gasteiger partial charge < -0.3 is 9.84 Å². The lowest BCUT2D eigenvalue weighted by Gasteiger charge is -2.14. The van der Waals surface area contributed by atoms with E-state index in [2.05, 4.69) is 10.2 Å². The summed E-state index contributed by atoms with van der Waals surface area (Å²) in [4.78, 5) is 12.7. The summed E-state index contributed by atoms with van der Waals surface area (Å²) in [7, 11) is 1.62. The highest BCUT2D eigenvalue weighted by Crippen LogP contribution is 2.29. The fourth-order valence-corrected chi connectivity index (χ4v) is 4.03. The molecule has 7 heteroatoms. The van der Waals surface area contributed by atoms with Crippen LogP contribution in [0.25, 0.3) is 0 Å². The first-order valence-electron chi connectivity index (χ1n) is 9.39. The first-order chi connectivity index (χ1) is 14.1. The molecule has 152 valence electrons. The minimum absolute atomic E-state index is 0.0152. The molecule has 3 aromatic rings. The van der Waals surface area contributed by atoms with E-state index < -0.39 is 0 Å². The minimum Gasteiger partial charge on any atom is -0.497 e. The summed E-state index contributed by atoms with van der Waals surface area (Å²) >= 11 is 1.43. The van der Waals surface area contributed by atoms with E-state index in [4.69, 9.17) is 9.84 Å². The summed E-state index contributed by atoms with van der Waals surface area (Å²) in [5.41, 5.74) is 1.86. The van der Waals surface area contributed by atoms with Crippen LogP contribution in [0.3, 0.4) is 0 Å². The first-order valence-corrected chi connectivity index (χ1v) is 10.2. The summed E-state index contributed by atoms with van der Waals surface area (Å²) in [6, 6.07) is 13.7. The van der Waals surface area contributed by atoms with Crippen LogP contribution in [0.15, 0.2) is 48.5 Å². The van der Waals surface area contributed by atoms with E-state index >= 15 is 0 Å². The monoisotopic (exact) mass is 414 g/mol. The number of aliphatic hydroxyl groups is 1. The fraction of sp³-hybridized carbons (Fsp3) is 0.318. The van der Waals surface area contributed by atoms with Crippen molar-refractivity contribution in [3.05, 3.63) is 75.5 Å². The lowest BCUT2D eigenvalue weighted by atomic mass is 9.92. The highest BCUT2D eigenvalue weighted by Gasteiger charge is 2.21. The zero-order valence-electron chi connectivity index (χ0n) is 16.2. The Morgan fingerprint density at radius 2 is 1.79 bits per heavy atom. The van der Waals surface area contributed by atoms with Gasteiger partial charge in [-0.3, -0.25) is 4.79 Å². The molecule has 2 aromatic carbocycles. The van der Waals surface area contributed by atoms with Crippen molar-refractivity contribution in [3.8, 4) is 5.75 Å². The third kappa shape index (κ3) is 6.17. The van der Waals surface area contributed by atoms with Crippen molar-refractivity contribution in [3.63, 3.8) is 0 Å². The molecule has 5 nitrogen and oxygen atoms in total. The van der Waals surface area contributed by atoms with E-state index in [0.717, 1.165) is 26.9 Å². The van der Waals surface area contributed by atoms with Crippen LogP contribution < -0.4 is 4.74 Å². The number of halogens is 1. The van der Waals surface area contributed by atoms with Crippen LogP contribution in [0.2, 0.25) is 0 Å². The van der Waals surface area contributed by atoms with Gasteiger partial charge in [0.2, 0.25) is 0 Å². The van der Waals surface area contributed by atoms with Gasteiger partial charge in [-0.15, -0.1) is 21.5 Å². The molecule has 0 bridgehead atoms. The van der Waals surface area contributed by atoms with E-state index in [1.165, 1.54) is 23.5 Å². The molecule has 0 aliphatic rings. The zero-order chi connectivity index (χ0) is 20.6. The lowest BCUT2D eigenvalue weighted by Crippen LogP contribution is -2.12. The van der Waals surface area contributed by atoms with Crippen molar-refractivity contribution < 1.29 is 19.0 Å². The zero-order valence-corrected chi connectivity index (χ0v) is 17.0. The van der Waals surface area contributed by atoms with Gasteiger partial charge in [-0.05, 0) is 41.8 Å². The van der Waals surface area contributed by atoms with Crippen LogP contribution in [0.4, 0.5) is 4.39 Å². The summed E-state index contributed by atoms with van der Waals surface area (Å²) < 4.78 is 18.3. The second kappa shape index (κ2) is 10.2. The number of methoxy groups -OCH3 is 1. The number of carbonyl (C=O) groups excluding carboxylic acids is 1. The third-order valence-electron chi connectivity index (χ3n) is 4.59. The second-order valence-corrected chi connectivity index (χ2v) is 7.90. The minimum atomic E-state index is -0.316. The average molecular weight is 415 g/mol. The maximum absolute atomic E-state index is 13.1. The number of rotatable bonds is 10. The number of ether oxygens (including phenoxy) is 1. The number of carbonyl (C=O) groups is 1. The molecule has 0 saturated carbocycles. The van der Waals surface area contributed by atoms with Gasteiger partial charge in [0.15, 0.2) is 0 Å². The molecule has 0 radical (unpaired) electrons. The van der Waals surface area contributed by atoms with Crippen molar-refractivity contribution in [1.82, 2.24) is 10.2 Å². The molecule has 1 atom stereocenters. The highest BCUT2D eigenvalue weighted by atomic mass is 32.1. The van der Waals surface area contributed by atoms with Gasteiger partial charge in [0.1, 0.15) is 27.4 Å². The Morgan fingerprint density at radius 1 is 1.10 bits per heavy atom. The van der Waals surface area contributed by atoms with Gasteiger partial charge in [-0.25, -0.2) is 4.39 Å². The van der Waals surface area contributed by atoms with E-state index in [9.17, 15) is 9.18 Å². The van der Waals surface area contributed by atoms with Crippen molar-refractivity contribution in [2.75, 3.05) is 13.7 Å². The van der Waals surface area contributed by atoms with Crippen molar-refractivity contribution in [2.45, 2.75) is 31.6 Å². The van der Waals surface area contributed by atoms with Crippen molar-refractivity contribution in [1.29, 1.82) is 0 Å². The van der Waals surface area contributed by atoms with Crippen LogP contribution in [-0.4, -0.2) is 34.8 Å². The van der Waals surface area contributed by atoms with Crippen LogP contribution in [0, 0.1) is 5.82 Å². The number of aromatic nitrogens is 2. The Kier molecular flexibility index (Phi) is 7.43. The molecule has 3 rings (SSSR count). The third-order valence-corrected chi connectivity index (χ3v) is 5.73. The molecule has 29 heavy (non-hydrogen) atoms. The Hall–Kier alpha value is -2.64. The van der Waals surface area contributed by atoms with Gasteiger partial charge in [-0.1, -0.05) is 24.3 Å². The molecule has 0 aliphatic heterocycles. The summed E-state index contributed by atoms with van der Waals surface area (Å²) in [5.74, 6) is 0.415. The Balaban J connectivity index is 1.75. The predicted octanol–water partition coefficient (Wildman–Crippen LogP) is 3.75. The van der Waals surface area contributed by atoms with Gasteiger partial charge in [0.05, 0.1) is 7.11 Å². The number of benzene rings is 2. The van der Waals surface area contributed by atoms with Gasteiger partial charge >= 0.3 is 0 Å². The molecule has 1 aromatic heterocycles. The fourth-order valence-electron chi connectivity index (χ4n) is 3.10. The van der Waals surface area contributed by atoms with Crippen LogP contribution >= 0.6 is 11.3 Å². The quantitative estimate of drug-likeness (QED) is 0.547. The lowest BCUT2D eigenvalue weighted by molar-refractivity contribution is -0.118. The van der Waals surface area contributed by atoms with Gasteiger partial charge in [0.25, 0.3) is 0 Å². The maximum Gasteiger partial charge on any atom is 0.137 e. The van der Waals surface area contributed by atoms with E-state index in [0.29, 0.717) is 19.3 Å². The molecule has 0 saturated heterocycles. The summed E-state index contributed by atoms with van der Waals surface area (Å²) in [5, 5.41) is 19.1. The molecule has 0 aliphatic carbocycles. The smallest absolute Gasteiger partial charge is 0.137 e. The predicted molar refractivity (Wildman–Crippen MR) is 110 cm³/mol. The van der Waals surface area contributed by atoms with Crippen LogP contribution in [0.5, 0.6) is 5.75 Å². The number of nitrogens with zero attached hydrogens (tertiary/aromatic N) is 2. The molecule has 0 amide bonds. The topological polar surface area (TPSA) is 72.3 Å². The molecule has 0 unspecified atom stereocenters. The van der Waals surface area contributed by atoms with E-state index in [-0.39, 0.29) is 30.5 Å². The summed E-state index contributed by atoms with van der Waals surface area (Å²) in [6.07, 6.45) is 1.67. The number of ketones is 1. The standard InChI is InChI=1S/C22H23FN2O3S/c1-28-20-8-4-15(5-9-20)12-17(22-25-24-21(29-22)10-11-26)14-19(27)13-16-2-6-18(23)7-3-16/h2-9,17,26H,10-14H2,1H3/t17-/m1/s1. The Labute approximate surface area is 173 Å². The van der Waals surface area contributed by atoms with Gasteiger partial charge in [-0.2, -0.15) is 0 Å². The molecule has 0 spiro atoms. The number of Topliss-reactive ketones (excluding diaryl/α,β-unsaturated/α-hetero) is 1. The van der Waals surface area contributed by atoms with Crippen LogP contribution in [0.1, 0.15) is 33.5 Å². The highest BCUT2D eigenvalue weighted by molar-refractivity contribution is 7.11. The number of hydrogen-bond acceptors (Lipinski definition) is 6. The summed E-state index contributed by atoms with van der Waals surface area (Å²) in [6.45, 7) is 0.0152. The van der Waals surface area contributed by atoms with E-state index in [1.807, 2.05) is 24.3 Å². The maximum atomic E-state index is 13.1.